The van der Waals surface area contributed by atoms with Crippen molar-refractivity contribution in [1.29, 1.82) is 0 Å². The summed E-state index contributed by atoms with van der Waals surface area (Å²) in [6.45, 7) is 0. The number of rotatable bonds is 7. The highest BCUT2D eigenvalue weighted by atomic mass is 79.9. The fourth-order valence-electron chi connectivity index (χ4n) is 3.92. The lowest BCUT2D eigenvalue weighted by Crippen LogP contribution is -2.21. The molecule has 2 aromatic carbocycles. The fraction of sp³-hybridized carbons (Fsp3) is 0.154. The Morgan fingerprint density at radius 1 is 0.500 bits per heavy atom. The van der Waals surface area contributed by atoms with Gasteiger partial charge in [-0.25, -0.2) is 0 Å². The number of pyridine rings is 2. The molecule has 0 aliphatic carbocycles. The van der Waals surface area contributed by atoms with E-state index in [0.717, 1.165) is 5.69 Å². The summed E-state index contributed by atoms with van der Waals surface area (Å²) in [5.74, 6) is 0.232. The van der Waals surface area contributed by atoms with Gasteiger partial charge in [0.05, 0.1) is 0 Å². The molecular formula is C26H22Br2N2. The summed E-state index contributed by atoms with van der Waals surface area (Å²) in [6, 6.07) is 31.5. The van der Waals surface area contributed by atoms with Gasteiger partial charge in [0.1, 0.15) is 0 Å². The van der Waals surface area contributed by atoms with Gasteiger partial charge >= 0.3 is 0 Å². The van der Waals surface area contributed by atoms with Crippen LogP contribution in [-0.2, 0) is 0 Å². The van der Waals surface area contributed by atoms with Crippen LogP contribution in [0.1, 0.15) is 43.9 Å². The van der Waals surface area contributed by atoms with Crippen LogP contribution in [0.15, 0.2) is 110 Å². The molecular weight excluding hydrogens is 500 g/mol. The molecule has 30 heavy (non-hydrogen) atoms. The lowest BCUT2D eigenvalue weighted by molar-refractivity contribution is 0.513. The van der Waals surface area contributed by atoms with E-state index in [1.807, 2.05) is 24.7 Å². The number of benzene rings is 2. The Labute approximate surface area is 194 Å². The van der Waals surface area contributed by atoms with Crippen molar-refractivity contribution in [3.05, 3.63) is 132 Å². The first-order valence-corrected chi connectivity index (χ1v) is 11.8. The van der Waals surface area contributed by atoms with Crippen LogP contribution in [0.3, 0.4) is 0 Å². The molecule has 0 N–H and O–H groups in total. The molecule has 0 fully saturated rings. The number of aromatic nitrogens is 2. The van der Waals surface area contributed by atoms with Gasteiger partial charge in [0.15, 0.2) is 0 Å². The van der Waals surface area contributed by atoms with Crippen molar-refractivity contribution >= 4 is 31.9 Å². The summed E-state index contributed by atoms with van der Waals surface area (Å²) < 4.78 is 0. The van der Waals surface area contributed by atoms with Crippen LogP contribution in [0.2, 0.25) is 0 Å². The normalized spacial score (nSPS) is 15.1. The molecule has 0 amide bonds. The minimum atomic E-state index is 0.0931. The molecule has 0 saturated carbocycles. The van der Waals surface area contributed by atoms with Crippen LogP contribution in [0, 0.1) is 0 Å². The summed E-state index contributed by atoms with van der Waals surface area (Å²) >= 11 is 8.11. The summed E-state index contributed by atoms with van der Waals surface area (Å²) in [4.78, 5) is 9.24. The molecule has 2 aromatic heterocycles. The maximum Gasteiger partial charge on any atom is 0.0485 e. The molecule has 150 valence electrons. The van der Waals surface area contributed by atoms with Gasteiger partial charge < -0.3 is 0 Å². The molecule has 2 heterocycles. The average molecular weight is 522 g/mol. The number of halogens is 2. The van der Waals surface area contributed by atoms with Crippen LogP contribution < -0.4 is 0 Å². The van der Waals surface area contributed by atoms with E-state index >= 15 is 0 Å². The SMILES string of the molecule is BrC(c1ccccc1)C(c1ccncc1)C(c1ccccn1)C(Br)c1ccccc1. The first-order chi connectivity index (χ1) is 14.8. The molecule has 0 aliphatic heterocycles. The smallest absolute Gasteiger partial charge is 0.0485 e. The predicted octanol–water partition coefficient (Wildman–Crippen LogP) is 7.62. The Kier molecular flexibility index (Phi) is 7.08. The third-order valence-electron chi connectivity index (χ3n) is 5.37. The fourth-order valence-corrected chi connectivity index (χ4v) is 5.77. The molecule has 4 heteroatoms. The summed E-state index contributed by atoms with van der Waals surface area (Å²) in [5, 5.41) is 0. The molecule has 0 spiro atoms. The molecule has 0 aliphatic rings. The lowest BCUT2D eigenvalue weighted by Gasteiger charge is -2.34. The second kappa shape index (κ2) is 10.1. The maximum atomic E-state index is 4.78. The van der Waals surface area contributed by atoms with Gasteiger partial charge in [-0.15, -0.1) is 0 Å². The summed E-state index contributed by atoms with van der Waals surface area (Å²) in [6.07, 6.45) is 5.62. The van der Waals surface area contributed by atoms with Crippen molar-refractivity contribution in [2.75, 3.05) is 0 Å². The van der Waals surface area contributed by atoms with Crippen LogP contribution in [0.4, 0.5) is 0 Å². The van der Waals surface area contributed by atoms with E-state index in [4.69, 9.17) is 4.98 Å². The standard InChI is InChI=1S/C26H22Br2N2/c27-25(20-9-3-1-4-10-20)23(19-14-17-29-18-15-19)24(22-13-7-8-16-30-22)26(28)21-11-5-2-6-12-21/h1-18,23-26H. The van der Waals surface area contributed by atoms with Gasteiger partial charge in [-0.1, -0.05) is 98.6 Å². The van der Waals surface area contributed by atoms with E-state index in [0.29, 0.717) is 0 Å². The zero-order valence-corrected chi connectivity index (χ0v) is 19.5. The van der Waals surface area contributed by atoms with Gasteiger partial charge in [0.2, 0.25) is 0 Å². The highest BCUT2D eigenvalue weighted by Crippen LogP contribution is 2.53. The quantitative estimate of drug-likeness (QED) is 0.234. The summed E-state index contributed by atoms with van der Waals surface area (Å²) in [5.41, 5.74) is 4.77. The zero-order chi connectivity index (χ0) is 20.8. The van der Waals surface area contributed by atoms with E-state index in [1.165, 1.54) is 16.7 Å². The van der Waals surface area contributed by atoms with Gasteiger partial charge in [-0.2, -0.15) is 0 Å². The van der Waals surface area contributed by atoms with Crippen molar-refractivity contribution in [3.8, 4) is 0 Å². The van der Waals surface area contributed by atoms with Gasteiger partial charge in [0.25, 0.3) is 0 Å². The average Bonchev–Trinajstić information content (AvgIpc) is 2.84. The number of alkyl halides is 2. The van der Waals surface area contributed by atoms with E-state index in [1.54, 1.807) is 0 Å². The molecule has 4 atom stereocenters. The van der Waals surface area contributed by atoms with Crippen molar-refractivity contribution in [2.24, 2.45) is 0 Å². The summed E-state index contributed by atoms with van der Waals surface area (Å²) in [7, 11) is 0. The molecule has 4 unspecified atom stereocenters. The number of nitrogens with zero attached hydrogens (tertiary/aromatic N) is 2. The molecule has 4 rings (SSSR count). The van der Waals surface area contributed by atoms with Crippen LogP contribution in [0.5, 0.6) is 0 Å². The topological polar surface area (TPSA) is 25.8 Å². The molecule has 0 bridgehead atoms. The van der Waals surface area contributed by atoms with Crippen LogP contribution >= 0.6 is 31.9 Å². The zero-order valence-electron chi connectivity index (χ0n) is 16.4. The molecule has 2 nitrogen and oxygen atoms in total. The van der Waals surface area contributed by atoms with E-state index in [2.05, 4.69) is 122 Å². The van der Waals surface area contributed by atoms with Crippen molar-refractivity contribution in [3.63, 3.8) is 0 Å². The van der Waals surface area contributed by atoms with E-state index in [9.17, 15) is 0 Å². The Morgan fingerprint density at radius 3 is 1.57 bits per heavy atom. The highest BCUT2D eigenvalue weighted by Gasteiger charge is 2.37. The molecule has 0 saturated heterocycles. The highest BCUT2D eigenvalue weighted by molar-refractivity contribution is 9.09. The third kappa shape index (κ3) is 4.71. The van der Waals surface area contributed by atoms with Gasteiger partial charge in [-0.3, -0.25) is 9.97 Å². The van der Waals surface area contributed by atoms with Crippen LogP contribution in [-0.4, -0.2) is 9.97 Å². The maximum absolute atomic E-state index is 4.78. The lowest BCUT2D eigenvalue weighted by atomic mass is 9.76. The van der Waals surface area contributed by atoms with Crippen LogP contribution in [0.25, 0.3) is 0 Å². The van der Waals surface area contributed by atoms with E-state index < -0.39 is 0 Å². The number of hydrogen-bond acceptors (Lipinski definition) is 2. The van der Waals surface area contributed by atoms with E-state index in [-0.39, 0.29) is 21.5 Å². The van der Waals surface area contributed by atoms with Crippen molar-refractivity contribution in [2.45, 2.75) is 21.5 Å². The van der Waals surface area contributed by atoms with Crippen molar-refractivity contribution < 1.29 is 0 Å². The molecule has 4 aromatic rings. The Bertz CT molecular complexity index is 941. The minimum Gasteiger partial charge on any atom is -0.265 e. The predicted molar refractivity (Wildman–Crippen MR) is 130 cm³/mol. The largest absolute Gasteiger partial charge is 0.265 e. The third-order valence-corrected chi connectivity index (χ3v) is 7.57. The van der Waals surface area contributed by atoms with Crippen molar-refractivity contribution in [1.82, 2.24) is 9.97 Å². The Hall–Kier alpha value is -2.30. The first kappa shape index (κ1) is 21.0. The number of hydrogen-bond donors (Lipinski definition) is 0. The minimum absolute atomic E-state index is 0.0931. The Balaban J connectivity index is 1.87. The Morgan fingerprint density at radius 2 is 1.03 bits per heavy atom. The van der Waals surface area contributed by atoms with Gasteiger partial charge in [-0.05, 0) is 41.0 Å². The first-order valence-electron chi connectivity index (χ1n) is 9.94. The molecule has 0 radical (unpaired) electrons. The van der Waals surface area contributed by atoms with Gasteiger partial charge in [0, 0.05) is 45.8 Å². The second-order valence-corrected chi connectivity index (χ2v) is 9.18. The monoisotopic (exact) mass is 520 g/mol. The second-order valence-electron chi connectivity index (χ2n) is 7.21.